The molecule has 0 aliphatic rings. The van der Waals surface area contributed by atoms with Crippen LogP contribution in [-0.2, 0) is 7.05 Å². The SMILES string of the molecule is Cc1cc(C)cc(C(=O)N[C@@H](c2ccccc2F)c2nccn2C)c1. The molecule has 5 heteroatoms. The number of nitrogens with one attached hydrogen (secondary N) is 1. The van der Waals surface area contributed by atoms with Gasteiger partial charge in [-0.25, -0.2) is 9.37 Å². The maximum Gasteiger partial charge on any atom is 0.252 e. The fraction of sp³-hybridized carbons (Fsp3) is 0.200. The molecule has 0 unspecified atom stereocenters. The van der Waals surface area contributed by atoms with Crippen molar-refractivity contribution < 1.29 is 9.18 Å². The summed E-state index contributed by atoms with van der Waals surface area (Å²) in [6.45, 7) is 3.88. The van der Waals surface area contributed by atoms with E-state index in [4.69, 9.17) is 0 Å². The van der Waals surface area contributed by atoms with Crippen molar-refractivity contribution in [2.45, 2.75) is 19.9 Å². The molecule has 0 fully saturated rings. The average Bonchev–Trinajstić information content (AvgIpc) is 2.98. The van der Waals surface area contributed by atoms with E-state index in [1.807, 2.05) is 39.1 Å². The average molecular weight is 337 g/mol. The van der Waals surface area contributed by atoms with Crippen molar-refractivity contribution in [3.8, 4) is 0 Å². The van der Waals surface area contributed by atoms with Crippen LogP contribution in [0.25, 0.3) is 0 Å². The summed E-state index contributed by atoms with van der Waals surface area (Å²) in [5.41, 5.74) is 2.94. The van der Waals surface area contributed by atoms with E-state index in [9.17, 15) is 9.18 Å². The summed E-state index contributed by atoms with van der Waals surface area (Å²) in [7, 11) is 1.82. The number of aryl methyl sites for hydroxylation is 3. The Morgan fingerprint density at radius 3 is 2.44 bits per heavy atom. The fourth-order valence-corrected chi connectivity index (χ4v) is 2.97. The highest BCUT2D eigenvalue weighted by Gasteiger charge is 2.24. The minimum Gasteiger partial charge on any atom is -0.338 e. The summed E-state index contributed by atoms with van der Waals surface area (Å²) >= 11 is 0. The summed E-state index contributed by atoms with van der Waals surface area (Å²) < 4.78 is 16.1. The lowest BCUT2D eigenvalue weighted by molar-refractivity contribution is 0.0940. The second-order valence-electron chi connectivity index (χ2n) is 6.20. The molecular formula is C20H20FN3O. The predicted octanol–water partition coefficient (Wildman–Crippen LogP) is 3.70. The van der Waals surface area contributed by atoms with Gasteiger partial charge in [-0.3, -0.25) is 4.79 Å². The largest absolute Gasteiger partial charge is 0.338 e. The monoisotopic (exact) mass is 337 g/mol. The molecule has 0 spiro atoms. The van der Waals surface area contributed by atoms with Gasteiger partial charge in [0, 0.05) is 30.6 Å². The molecule has 1 heterocycles. The van der Waals surface area contributed by atoms with E-state index in [1.54, 1.807) is 35.2 Å². The van der Waals surface area contributed by atoms with Crippen LogP contribution in [0.5, 0.6) is 0 Å². The van der Waals surface area contributed by atoms with Gasteiger partial charge in [0.05, 0.1) is 0 Å². The highest BCUT2D eigenvalue weighted by Crippen LogP contribution is 2.24. The molecule has 3 aromatic rings. The van der Waals surface area contributed by atoms with Crippen molar-refractivity contribution in [2.24, 2.45) is 7.05 Å². The molecule has 0 aliphatic heterocycles. The zero-order chi connectivity index (χ0) is 18.0. The van der Waals surface area contributed by atoms with Crippen LogP contribution in [0.3, 0.4) is 0 Å². The Bertz CT molecular complexity index is 897. The molecule has 1 N–H and O–H groups in total. The van der Waals surface area contributed by atoms with Crippen molar-refractivity contribution in [2.75, 3.05) is 0 Å². The smallest absolute Gasteiger partial charge is 0.252 e. The standard InChI is InChI=1S/C20H20FN3O/c1-13-10-14(2)12-15(11-13)20(25)23-18(19-22-8-9-24(19)3)16-6-4-5-7-17(16)21/h4-12,18H,1-3H3,(H,23,25)/t18-/m0/s1. The number of hydrogen-bond donors (Lipinski definition) is 1. The molecule has 128 valence electrons. The van der Waals surface area contributed by atoms with Gasteiger partial charge in [0.15, 0.2) is 0 Å². The first kappa shape index (κ1) is 16.9. The molecule has 2 aromatic carbocycles. The van der Waals surface area contributed by atoms with Crippen molar-refractivity contribution in [1.29, 1.82) is 0 Å². The molecule has 0 saturated heterocycles. The Morgan fingerprint density at radius 2 is 1.84 bits per heavy atom. The summed E-state index contributed by atoms with van der Waals surface area (Å²) in [5.74, 6) is -0.0675. The van der Waals surface area contributed by atoms with Gasteiger partial charge in [0.1, 0.15) is 17.7 Å². The molecule has 1 atom stereocenters. The van der Waals surface area contributed by atoms with Crippen LogP contribution >= 0.6 is 0 Å². The summed E-state index contributed by atoms with van der Waals surface area (Å²) in [6, 6.07) is 11.4. The highest BCUT2D eigenvalue weighted by molar-refractivity contribution is 5.95. The molecule has 1 aromatic heterocycles. The molecule has 0 bridgehead atoms. The van der Waals surface area contributed by atoms with Gasteiger partial charge in [-0.15, -0.1) is 0 Å². The first-order valence-electron chi connectivity index (χ1n) is 8.06. The zero-order valence-electron chi connectivity index (χ0n) is 14.5. The Balaban J connectivity index is 2.00. The lowest BCUT2D eigenvalue weighted by Gasteiger charge is -2.20. The molecule has 4 nitrogen and oxygen atoms in total. The number of benzene rings is 2. The van der Waals surface area contributed by atoms with Gasteiger partial charge in [-0.05, 0) is 32.0 Å². The maximum atomic E-state index is 14.4. The second-order valence-corrected chi connectivity index (χ2v) is 6.20. The molecule has 0 radical (unpaired) electrons. The van der Waals surface area contributed by atoms with E-state index < -0.39 is 6.04 Å². The van der Waals surface area contributed by atoms with Gasteiger partial charge in [-0.2, -0.15) is 0 Å². The Kier molecular flexibility index (Phi) is 4.65. The number of carbonyl (C=O) groups excluding carboxylic acids is 1. The van der Waals surface area contributed by atoms with Crippen LogP contribution < -0.4 is 5.32 Å². The van der Waals surface area contributed by atoms with E-state index in [0.717, 1.165) is 11.1 Å². The zero-order valence-corrected chi connectivity index (χ0v) is 14.5. The normalized spacial score (nSPS) is 12.0. The molecule has 0 aliphatic carbocycles. The Morgan fingerprint density at radius 1 is 1.16 bits per heavy atom. The number of amides is 1. The number of rotatable bonds is 4. The van der Waals surface area contributed by atoms with Crippen LogP contribution in [0.15, 0.2) is 54.9 Å². The number of halogens is 1. The van der Waals surface area contributed by atoms with Crippen LogP contribution in [0, 0.1) is 19.7 Å². The van der Waals surface area contributed by atoms with Crippen LogP contribution in [0.4, 0.5) is 4.39 Å². The molecule has 3 rings (SSSR count). The number of imidazole rings is 1. The third-order valence-electron chi connectivity index (χ3n) is 4.09. The van der Waals surface area contributed by atoms with Crippen LogP contribution in [-0.4, -0.2) is 15.5 Å². The van der Waals surface area contributed by atoms with Gasteiger partial charge < -0.3 is 9.88 Å². The topological polar surface area (TPSA) is 46.9 Å². The van der Waals surface area contributed by atoms with E-state index >= 15 is 0 Å². The summed E-state index contributed by atoms with van der Waals surface area (Å²) in [5, 5.41) is 2.93. The number of hydrogen-bond acceptors (Lipinski definition) is 2. The third kappa shape index (κ3) is 3.60. The van der Waals surface area contributed by atoms with Gasteiger partial charge in [0.2, 0.25) is 0 Å². The van der Waals surface area contributed by atoms with E-state index in [1.165, 1.54) is 6.07 Å². The van der Waals surface area contributed by atoms with Crippen molar-refractivity contribution in [3.05, 3.63) is 88.8 Å². The number of aromatic nitrogens is 2. The van der Waals surface area contributed by atoms with E-state index in [-0.39, 0.29) is 11.7 Å². The third-order valence-corrected chi connectivity index (χ3v) is 4.09. The van der Waals surface area contributed by atoms with E-state index in [2.05, 4.69) is 10.3 Å². The predicted molar refractivity (Wildman–Crippen MR) is 94.8 cm³/mol. The molecule has 25 heavy (non-hydrogen) atoms. The molecule has 0 saturated carbocycles. The lowest BCUT2D eigenvalue weighted by Crippen LogP contribution is -2.31. The quantitative estimate of drug-likeness (QED) is 0.789. The van der Waals surface area contributed by atoms with Crippen molar-refractivity contribution in [1.82, 2.24) is 14.9 Å². The summed E-state index contributed by atoms with van der Waals surface area (Å²) in [4.78, 5) is 17.1. The first-order valence-corrected chi connectivity index (χ1v) is 8.06. The van der Waals surface area contributed by atoms with Crippen LogP contribution in [0.1, 0.15) is 38.9 Å². The second kappa shape index (κ2) is 6.89. The van der Waals surface area contributed by atoms with Crippen LogP contribution in [0.2, 0.25) is 0 Å². The van der Waals surface area contributed by atoms with Gasteiger partial charge in [0.25, 0.3) is 5.91 Å². The van der Waals surface area contributed by atoms with Crippen molar-refractivity contribution in [3.63, 3.8) is 0 Å². The lowest BCUT2D eigenvalue weighted by atomic mass is 10.0. The Hall–Kier alpha value is -2.95. The minimum atomic E-state index is -0.672. The van der Waals surface area contributed by atoms with Gasteiger partial charge >= 0.3 is 0 Å². The van der Waals surface area contributed by atoms with Gasteiger partial charge in [-0.1, -0.05) is 35.4 Å². The minimum absolute atomic E-state index is 0.261. The summed E-state index contributed by atoms with van der Waals surface area (Å²) in [6.07, 6.45) is 3.40. The Labute approximate surface area is 146 Å². The number of carbonyl (C=O) groups is 1. The molecular weight excluding hydrogens is 317 g/mol. The number of nitrogens with zero attached hydrogens (tertiary/aromatic N) is 2. The molecule has 1 amide bonds. The highest BCUT2D eigenvalue weighted by atomic mass is 19.1. The van der Waals surface area contributed by atoms with E-state index in [0.29, 0.717) is 17.0 Å². The fourth-order valence-electron chi connectivity index (χ4n) is 2.97. The first-order chi connectivity index (χ1) is 12.0. The van der Waals surface area contributed by atoms with Crippen molar-refractivity contribution >= 4 is 5.91 Å². The maximum absolute atomic E-state index is 14.4.